The molecule has 3 atom stereocenters. The third kappa shape index (κ3) is 5.45. The number of aliphatic carboxylic acids is 1. The first-order chi connectivity index (χ1) is 10.0. The lowest BCUT2D eigenvalue weighted by molar-refractivity contribution is -0.137. The van der Waals surface area contributed by atoms with Gasteiger partial charge < -0.3 is 15.7 Å². The fourth-order valence-electron chi connectivity index (χ4n) is 2.34. The first kappa shape index (κ1) is 15.4. The molecule has 0 heterocycles. The second-order valence-corrected chi connectivity index (χ2v) is 5.76. The Bertz CT molecular complexity index is 490. The van der Waals surface area contributed by atoms with E-state index in [1.807, 2.05) is 30.3 Å². The maximum absolute atomic E-state index is 11.9. The summed E-state index contributed by atoms with van der Waals surface area (Å²) in [6.07, 6.45) is 2.14. The highest BCUT2D eigenvalue weighted by molar-refractivity contribution is 5.75. The summed E-state index contributed by atoms with van der Waals surface area (Å²) in [6, 6.07) is 9.68. The fourth-order valence-corrected chi connectivity index (χ4v) is 2.34. The number of carbonyl (C=O) groups is 2. The van der Waals surface area contributed by atoms with Crippen LogP contribution in [0.25, 0.3) is 0 Å². The lowest BCUT2D eigenvalue weighted by atomic mass is 10.0. The number of carboxylic acid groups (broad SMARTS) is 1. The Kier molecular flexibility index (Phi) is 5.20. The van der Waals surface area contributed by atoms with Crippen LogP contribution in [0.5, 0.6) is 0 Å². The van der Waals surface area contributed by atoms with Crippen LogP contribution in [0.4, 0.5) is 4.79 Å². The number of hydrogen-bond acceptors (Lipinski definition) is 2. The molecule has 3 N–H and O–H groups in total. The van der Waals surface area contributed by atoms with Gasteiger partial charge in [0.25, 0.3) is 0 Å². The van der Waals surface area contributed by atoms with Crippen LogP contribution in [0.1, 0.15) is 31.7 Å². The topological polar surface area (TPSA) is 78.4 Å². The maximum atomic E-state index is 11.9. The molecule has 2 amide bonds. The zero-order valence-corrected chi connectivity index (χ0v) is 12.2. The highest BCUT2D eigenvalue weighted by atomic mass is 16.4. The molecular weight excluding hydrogens is 268 g/mol. The van der Waals surface area contributed by atoms with Crippen LogP contribution in [0.3, 0.4) is 0 Å². The third-order valence-corrected chi connectivity index (χ3v) is 3.79. The molecule has 114 valence electrons. The average molecular weight is 290 g/mol. The molecule has 0 bridgehead atoms. The van der Waals surface area contributed by atoms with Crippen molar-refractivity contribution in [3.8, 4) is 0 Å². The Morgan fingerprint density at radius 2 is 2.00 bits per heavy atom. The summed E-state index contributed by atoms with van der Waals surface area (Å²) in [5.41, 5.74) is 1.09. The molecule has 1 aliphatic carbocycles. The molecule has 0 radical (unpaired) electrons. The van der Waals surface area contributed by atoms with Gasteiger partial charge in [0.05, 0.1) is 0 Å². The van der Waals surface area contributed by atoms with Crippen LogP contribution in [0, 0.1) is 5.92 Å². The molecule has 2 rings (SSSR count). The summed E-state index contributed by atoms with van der Waals surface area (Å²) in [7, 11) is 0. The van der Waals surface area contributed by atoms with E-state index >= 15 is 0 Å². The number of amides is 2. The largest absolute Gasteiger partial charge is 0.481 e. The van der Waals surface area contributed by atoms with Crippen molar-refractivity contribution in [1.82, 2.24) is 10.6 Å². The molecule has 0 aromatic heterocycles. The molecule has 5 nitrogen and oxygen atoms in total. The van der Waals surface area contributed by atoms with Crippen molar-refractivity contribution in [2.45, 2.75) is 44.7 Å². The first-order valence-corrected chi connectivity index (χ1v) is 7.37. The van der Waals surface area contributed by atoms with Gasteiger partial charge in [-0.3, -0.25) is 4.79 Å². The van der Waals surface area contributed by atoms with E-state index in [2.05, 4.69) is 17.6 Å². The van der Waals surface area contributed by atoms with Crippen molar-refractivity contribution in [2.24, 2.45) is 5.92 Å². The van der Waals surface area contributed by atoms with E-state index < -0.39 is 5.97 Å². The number of carbonyl (C=O) groups excluding carboxylic acids is 1. The molecule has 21 heavy (non-hydrogen) atoms. The quantitative estimate of drug-likeness (QED) is 0.720. The summed E-state index contributed by atoms with van der Waals surface area (Å²) < 4.78 is 0. The minimum atomic E-state index is -0.842. The van der Waals surface area contributed by atoms with Crippen molar-refractivity contribution < 1.29 is 14.7 Å². The normalized spacial score (nSPS) is 21.4. The number of hydrogen-bond donors (Lipinski definition) is 3. The van der Waals surface area contributed by atoms with Gasteiger partial charge in [0.2, 0.25) is 0 Å². The SMILES string of the molecule is CC1CC1NC(=O)NC(CCC(=O)O)Cc1ccccc1. The van der Waals surface area contributed by atoms with E-state index in [1.165, 1.54) is 0 Å². The van der Waals surface area contributed by atoms with E-state index in [1.54, 1.807) is 0 Å². The van der Waals surface area contributed by atoms with Crippen molar-refractivity contribution in [1.29, 1.82) is 0 Å². The lowest BCUT2D eigenvalue weighted by Crippen LogP contribution is -2.44. The van der Waals surface area contributed by atoms with Gasteiger partial charge in [0.1, 0.15) is 0 Å². The maximum Gasteiger partial charge on any atom is 0.315 e. The van der Waals surface area contributed by atoms with Crippen LogP contribution in [-0.2, 0) is 11.2 Å². The predicted octanol–water partition coefficient (Wildman–Crippen LogP) is 2.17. The van der Waals surface area contributed by atoms with E-state index in [0.717, 1.165) is 12.0 Å². The number of rotatable bonds is 7. The number of benzene rings is 1. The van der Waals surface area contributed by atoms with Gasteiger partial charge in [-0.15, -0.1) is 0 Å². The van der Waals surface area contributed by atoms with Gasteiger partial charge in [0, 0.05) is 18.5 Å². The van der Waals surface area contributed by atoms with E-state index in [4.69, 9.17) is 5.11 Å². The molecule has 1 aliphatic rings. The summed E-state index contributed by atoms with van der Waals surface area (Å²) in [6.45, 7) is 2.09. The van der Waals surface area contributed by atoms with E-state index in [9.17, 15) is 9.59 Å². The highest BCUT2D eigenvalue weighted by Gasteiger charge is 2.34. The second-order valence-electron chi connectivity index (χ2n) is 5.76. The average Bonchev–Trinajstić information content (AvgIpc) is 3.12. The summed E-state index contributed by atoms with van der Waals surface area (Å²) in [4.78, 5) is 22.7. The molecular formula is C16H22N2O3. The number of urea groups is 1. The summed E-state index contributed by atoms with van der Waals surface area (Å²) in [5, 5.41) is 14.6. The Labute approximate surface area is 124 Å². The number of nitrogens with one attached hydrogen (secondary N) is 2. The van der Waals surface area contributed by atoms with Crippen molar-refractivity contribution in [3.63, 3.8) is 0 Å². The fraction of sp³-hybridized carbons (Fsp3) is 0.500. The molecule has 5 heteroatoms. The first-order valence-electron chi connectivity index (χ1n) is 7.37. The Balaban J connectivity index is 1.87. The lowest BCUT2D eigenvalue weighted by Gasteiger charge is -2.18. The monoisotopic (exact) mass is 290 g/mol. The van der Waals surface area contributed by atoms with E-state index in [-0.39, 0.29) is 24.5 Å². The minimum absolute atomic E-state index is 0.0532. The van der Waals surface area contributed by atoms with Gasteiger partial charge in [-0.25, -0.2) is 4.79 Å². The van der Waals surface area contributed by atoms with Gasteiger partial charge in [-0.1, -0.05) is 37.3 Å². The Morgan fingerprint density at radius 1 is 1.33 bits per heavy atom. The zero-order valence-electron chi connectivity index (χ0n) is 12.2. The molecule has 0 spiro atoms. The summed E-state index contributed by atoms with van der Waals surface area (Å²) >= 11 is 0. The van der Waals surface area contributed by atoms with Gasteiger partial charge in [-0.05, 0) is 30.7 Å². The molecule has 1 fully saturated rings. The van der Waals surface area contributed by atoms with Gasteiger partial charge in [0.15, 0.2) is 0 Å². The van der Waals surface area contributed by atoms with Crippen LogP contribution < -0.4 is 10.6 Å². The second kappa shape index (κ2) is 7.11. The molecule has 1 aromatic rings. The molecule has 0 aliphatic heterocycles. The van der Waals surface area contributed by atoms with Crippen molar-refractivity contribution >= 4 is 12.0 Å². The Hall–Kier alpha value is -2.04. The van der Waals surface area contributed by atoms with Crippen molar-refractivity contribution in [2.75, 3.05) is 0 Å². The van der Waals surface area contributed by atoms with Crippen LogP contribution in [-0.4, -0.2) is 29.2 Å². The smallest absolute Gasteiger partial charge is 0.315 e. The van der Waals surface area contributed by atoms with Gasteiger partial charge >= 0.3 is 12.0 Å². The standard InChI is InChI=1S/C16H22N2O3/c1-11-9-14(11)18-16(21)17-13(7-8-15(19)20)10-12-5-3-2-4-6-12/h2-6,11,13-14H,7-10H2,1H3,(H,19,20)(H2,17,18,21). The minimum Gasteiger partial charge on any atom is -0.481 e. The zero-order chi connectivity index (χ0) is 15.2. The van der Waals surface area contributed by atoms with E-state index in [0.29, 0.717) is 18.8 Å². The van der Waals surface area contributed by atoms with Crippen molar-refractivity contribution in [3.05, 3.63) is 35.9 Å². The molecule has 3 unspecified atom stereocenters. The molecule has 1 aromatic carbocycles. The highest BCUT2D eigenvalue weighted by Crippen LogP contribution is 2.28. The van der Waals surface area contributed by atoms with Gasteiger partial charge in [-0.2, -0.15) is 0 Å². The number of carboxylic acids is 1. The predicted molar refractivity (Wildman–Crippen MR) is 80.0 cm³/mol. The van der Waals surface area contributed by atoms with Crippen LogP contribution in [0.2, 0.25) is 0 Å². The molecule has 0 saturated heterocycles. The summed E-state index contributed by atoms with van der Waals surface area (Å²) in [5.74, 6) is -0.298. The third-order valence-electron chi connectivity index (χ3n) is 3.79. The van der Waals surface area contributed by atoms with Crippen LogP contribution >= 0.6 is 0 Å². The molecule has 1 saturated carbocycles. The van der Waals surface area contributed by atoms with Crippen LogP contribution in [0.15, 0.2) is 30.3 Å². The Morgan fingerprint density at radius 3 is 2.57 bits per heavy atom.